The summed E-state index contributed by atoms with van der Waals surface area (Å²) in [5.74, 6) is -0.0883. The van der Waals surface area contributed by atoms with Crippen LogP contribution in [-0.2, 0) is 0 Å². The van der Waals surface area contributed by atoms with E-state index in [0.29, 0.717) is 6.42 Å². The first kappa shape index (κ1) is 8.97. The highest BCUT2D eigenvalue weighted by Gasteiger charge is 2.47. The van der Waals surface area contributed by atoms with E-state index in [9.17, 15) is 10.2 Å². The minimum absolute atomic E-state index is 0.0400. The molecule has 0 aromatic heterocycles. The van der Waals surface area contributed by atoms with Crippen molar-refractivity contribution in [2.45, 2.75) is 32.0 Å². The Balaban J connectivity index is 2.71. The fraction of sp³-hybridized carbons (Fsp3) is 1.00. The number of hydrogen-bond donors (Lipinski definition) is 3. The summed E-state index contributed by atoms with van der Waals surface area (Å²) in [5.41, 5.74) is -1.02. The molecule has 0 bridgehead atoms. The lowest BCUT2D eigenvalue weighted by molar-refractivity contribution is -0.0782. The van der Waals surface area contributed by atoms with Gasteiger partial charge in [-0.3, -0.25) is 0 Å². The molecule has 1 aliphatic carbocycles. The zero-order valence-electron chi connectivity index (χ0n) is 6.99. The molecule has 0 saturated heterocycles. The highest BCUT2D eigenvalue weighted by molar-refractivity contribution is 4.98. The van der Waals surface area contributed by atoms with Gasteiger partial charge in [-0.25, -0.2) is 0 Å². The van der Waals surface area contributed by atoms with Crippen LogP contribution >= 0.6 is 0 Å². The molecule has 3 heteroatoms. The summed E-state index contributed by atoms with van der Waals surface area (Å²) < 4.78 is 0. The average Bonchev–Trinajstić information content (AvgIpc) is 2.14. The van der Waals surface area contributed by atoms with Crippen molar-refractivity contribution in [2.75, 3.05) is 6.61 Å². The molecule has 11 heavy (non-hydrogen) atoms. The summed E-state index contributed by atoms with van der Waals surface area (Å²) in [4.78, 5) is 0. The molecule has 0 radical (unpaired) electrons. The van der Waals surface area contributed by atoms with Crippen molar-refractivity contribution in [3.63, 3.8) is 0 Å². The van der Waals surface area contributed by atoms with E-state index in [-0.39, 0.29) is 18.4 Å². The van der Waals surface area contributed by atoms with Crippen LogP contribution in [0.1, 0.15) is 20.3 Å². The van der Waals surface area contributed by atoms with Gasteiger partial charge in [-0.15, -0.1) is 0 Å². The summed E-state index contributed by atoms with van der Waals surface area (Å²) >= 11 is 0. The van der Waals surface area contributed by atoms with E-state index < -0.39 is 11.7 Å². The van der Waals surface area contributed by atoms with Crippen molar-refractivity contribution >= 4 is 0 Å². The second-order valence-corrected chi connectivity index (χ2v) is 3.75. The summed E-state index contributed by atoms with van der Waals surface area (Å²) in [7, 11) is 0. The van der Waals surface area contributed by atoms with Gasteiger partial charge in [0, 0.05) is 12.5 Å². The standard InChI is InChI=1S/C8H16O3/c1-5-3-6(4-9)7(10)8(5,2)11/h5-7,9-11H,3-4H2,1-2H3. The van der Waals surface area contributed by atoms with Crippen molar-refractivity contribution in [1.82, 2.24) is 0 Å². The van der Waals surface area contributed by atoms with Gasteiger partial charge in [0.1, 0.15) is 0 Å². The Morgan fingerprint density at radius 2 is 2.09 bits per heavy atom. The SMILES string of the molecule is CC1CC(CO)C(O)C1(C)O. The fourth-order valence-electron chi connectivity index (χ4n) is 1.76. The van der Waals surface area contributed by atoms with Crippen LogP contribution in [0.4, 0.5) is 0 Å². The maximum atomic E-state index is 9.67. The Labute approximate surface area is 66.7 Å². The van der Waals surface area contributed by atoms with E-state index >= 15 is 0 Å². The summed E-state index contributed by atoms with van der Waals surface area (Å²) in [6.07, 6.45) is -0.0764. The monoisotopic (exact) mass is 160 g/mol. The third-order valence-corrected chi connectivity index (χ3v) is 2.93. The van der Waals surface area contributed by atoms with Crippen LogP contribution in [0.15, 0.2) is 0 Å². The highest BCUT2D eigenvalue weighted by Crippen LogP contribution is 2.39. The van der Waals surface area contributed by atoms with E-state index in [2.05, 4.69) is 0 Å². The third-order valence-electron chi connectivity index (χ3n) is 2.93. The van der Waals surface area contributed by atoms with E-state index in [4.69, 9.17) is 5.11 Å². The normalized spacial score (nSPS) is 51.5. The van der Waals surface area contributed by atoms with Gasteiger partial charge in [0.05, 0.1) is 11.7 Å². The van der Waals surface area contributed by atoms with Crippen LogP contribution in [0.25, 0.3) is 0 Å². The fourth-order valence-corrected chi connectivity index (χ4v) is 1.76. The summed E-state index contributed by atoms with van der Waals surface area (Å²) in [6.45, 7) is 3.47. The largest absolute Gasteiger partial charge is 0.396 e. The molecule has 0 aliphatic heterocycles. The second kappa shape index (κ2) is 2.73. The summed E-state index contributed by atoms with van der Waals surface area (Å²) in [5, 5.41) is 28.0. The van der Waals surface area contributed by atoms with E-state index in [1.165, 1.54) is 0 Å². The Morgan fingerprint density at radius 1 is 1.55 bits per heavy atom. The topological polar surface area (TPSA) is 60.7 Å². The Bertz CT molecular complexity index is 144. The summed E-state index contributed by atoms with van der Waals surface area (Å²) in [6, 6.07) is 0. The molecule has 1 fully saturated rings. The molecule has 0 aromatic carbocycles. The lowest BCUT2D eigenvalue weighted by Crippen LogP contribution is -2.41. The molecule has 0 aromatic rings. The minimum Gasteiger partial charge on any atom is -0.396 e. The van der Waals surface area contributed by atoms with Gasteiger partial charge in [-0.1, -0.05) is 6.92 Å². The average molecular weight is 160 g/mol. The third kappa shape index (κ3) is 1.28. The number of rotatable bonds is 1. The molecule has 0 heterocycles. The van der Waals surface area contributed by atoms with Gasteiger partial charge in [-0.05, 0) is 19.3 Å². The maximum absolute atomic E-state index is 9.67. The minimum atomic E-state index is -1.02. The lowest BCUT2D eigenvalue weighted by atomic mass is 9.93. The van der Waals surface area contributed by atoms with Gasteiger partial charge in [0.15, 0.2) is 0 Å². The first-order valence-electron chi connectivity index (χ1n) is 4.01. The number of aliphatic hydroxyl groups excluding tert-OH is 2. The van der Waals surface area contributed by atoms with Gasteiger partial charge in [0.2, 0.25) is 0 Å². The Morgan fingerprint density at radius 3 is 2.27 bits per heavy atom. The number of aliphatic hydroxyl groups is 3. The first-order chi connectivity index (χ1) is 5.00. The van der Waals surface area contributed by atoms with Crippen molar-refractivity contribution in [2.24, 2.45) is 11.8 Å². The molecule has 4 atom stereocenters. The molecule has 4 unspecified atom stereocenters. The zero-order chi connectivity index (χ0) is 8.65. The molecule has 3 N–H and O–H groups in total. The molecule has 1 aliphatic rings. The van der Waals surface area contributed by atoms with Crippen LogP contribution in [0.5, 0.6) is 0 Å². The number of hydrogen-bond acceptors (Lipinski definition) is 3. The van der Waals surface area contributed by atoms with Crippen LogP contribution in [0.2, 0.25) is 0 Å². The van der Waals surface area contributed by atoms with Crippen LogP contribution in [-0.4, -0.2) is 33.6 Å². The van der Waals surface area contributed by atoms with Gasteiger partial charge in [0.25, 0.3) is 0 Å². The zero-order valence-corrected chi connectivity index (χ0v) is 6.99. The smallest absolute Gasteiger partial charge is 0.0906 e. The first-order valence-corrected chi connectivity index (χ1v) is 4.01. The van der Waals surface area contributed by atoms with E-state index in [1.807, 2.05) is 6.92 Å². The van der Waals surface area contributed by atoms with Gasteiger partial charge >= 0.3 is 0 Å². The second-order valence-electron chi connectivity index (χ2n) is 3.75. The van der Waals surface area contributed by atoms with E-state index in [0.717, 1.165) is 0 Å². The molecule has 1 saturated carbocycles. The molecule has 0 amide bonds. The molecular weight excluding hydrogens is 144 g/mol. The molecule has 0 spiro atoms. The maximum Gasteiger partial charge on any atom is 0.0906 e. The predicted molar refractivity (Wildman–Crippen MR) is 41.0 cm³/mol. The van der Waals surface area contributed by atoms with Crippen molar-refractivity contribution in [3.8, 4) is 0 Å². The van der Waals surface area contributed by atoms with Gasteiger partial charge < -0.3 is 15.3 Å². The molecule has 3 nitrogen and oxygen atoms in total. The Kier molecular flexibility index (Phi) is 2.23. The van der Waals surface area contributed by atoms with Crippen LogP contribution in [0, 0.1) is 11.8 Å². The Hall–Kier alpha value is -0.120. The molecular formula is C8H16O3. The molecule has 1 rings (SSSR count). The van der Waals surface area contributed by atoms with Crippen LogP contribution in [0.3, 0.4) is 0 Å². The van der Waals surface area contributed by atoms with Crippen molar-refractivity contribution < 1.29 is 15.3 Å². The van der Waals surface area contributed by atoms with E-state index in [1.54, 1.807) is 6.92 Å². The lowest BCUT2D eigenvalue weighted by Gasteiger charge is -2.26. The quantitative estimate of drug-likeness (QED) is 0.495. The van der Waals surface area contributed by atoms with Crippen LogP contribution < -0.4 is 0 Å². The molecule has 66 valence electrons. The van der Waals surface area contributed by atoms with Gasteiger partial charge in [-0.2, -0.15) is 0 Å². The predicted octanol–water partition coefficient (Wildman–Crippen LogP) is -0.253. The van der Waals surface area contributed by atoms with Crippen molar-refractivity contribution in [3.05, 3.63) is 0 Å². The van der Waals surface area contributed by atoms with Crippen molar-refractivity contribution in [1.29, 1.82) is 0 Å². The highest BCUT2D eigenvalue weighted by atomic mass is 16.3.